The van der Waals surface area contributed by atoms with Crippen molar-refractivity contribution in [2.45, 2.75) is 62.7 Å². The lowest BCUT2D eigenvalue weighted by Gasteiger charge is -2.35. The zero-order valence-corrected chi connectivity index (χ0v) is 14.6. The molecule has 3 N–H and O–H groups in total. The monoisotopic (exact) mass is 365 g/mol. The van der Waals surface area contributed by atoms with Crippen molar-refractivity contribution >= 4 is 17.7 Å². The number of halogens is 3. The first-order valence-corrected chi connectivity index (χ1v) is 8.74. The van der Waals surface area contributed by atoms with Gasteiger partial charge in [-0.3, -0.25) is 4.79 Å². The highest BCUT2D eigenvalue weighted by Gasteiger charge is 2.38. The Morgan fingerprint density at radius 3 is 2.62 bits per heavy atom. The summed E-state index contributed by atoms with van der Waals surface area (Å²) in [4.78, 5) is 12.3. The molecular weight excluding hydrogens is 343 g/mol. The van der Waals surface area contributed by atoms with Crippen molar-refractivity contribution in [2.75, 3.05) is 5.84 Å². The Morgan fingerprint density at radius 2 is 2.04 bits per heavy atom. The molecule has 1 aromatic rings. The Kier molecular flexibility index (Phi) is 5.67. The molecule has 0 spiro atoms. The molecule has 6 nitrogen and oxygen atoms in total. The molecule has 136 valence electrons. The van der Waals surface area contributed by atoms with E-state index in [9.17, 15) is 18.0 Å². The highest BCUT2D eigenvalue weighted by atomic mass is 32.2. The summed E-state index contributed by atoms with van der Waals surface area (Å²) in [5.74, 6) is 4.77. The summed E-state index contributed by atoms with van der Waals surface area (Å²) in [6.45, 7) is 5.88. The van der Waals surface area contributed by atoms with Crippen LogP contribution in [0.25, 0.3) is 0 Å². The maximum absolute atomic E-state index is 12.7. The number of thioether (sulfide) groups is 1. The number of alkyl halides is 3. The summed E-state index contributed by atoms with van der Waals surface area (Å²) in [5.41, 5.74) is 0. The number of hydrogen-bond acceptors (Lipinski definition) is 5. The summed E-state index contributed by atoms with van der Waals surface area (Å²) >= 11 is 0.858. The van der Waals surface area contributed by atoms with Crippen LogP contribution >= 0.6 is 11.8 Å². The first-order valence-electron chi connectivity index (χ1n) is 7.86. The topological polar surface area (TPSA) is 85.8 Å². The number of nitrogens with one attached hydrogen (secondary N) is 1. The number of aromatic nitrogens is 3. The van der Waals surface area contributed by atoms with Gasteiger partial charge in [-0.2, -0.15) is 13.2 Å². The summed E-state index contributed by atoms with van der Waals surface area (Å²) in [5, 5.41) is 8.71. The fourth-order valence-corrected chi connectivity index (χ4v) is 3.63. The molecule has 0 saturated heterocycles. The van der Waals surface area contributed by atoms with Crippen LogP contribution in [-0.2, 0) is 11.0 Å². The number of carbonyl (C=O) groups is 1. The van der Waals surface area contributed by atoms with Crippen LogP contribution in [0.2, 0.25) is 0 Å². The smallest absolute Gasteiger partial charge is 0.352 e. The first kappa shape index (κ1) is 18.9. The maximum atomic E-state index is 12.7. The minimum Gasteiger partial charge on any atom is -0.352 e. The highest BCUT2D eigenvalue weighted by Crippen LogP contribution is 2.31. The van der Waals surface area contributed by atoms with E-state index >= 15 is 0 Å². The van der Waals surface area contributed by atoms with Gasteiger partial charge in [0.1, 0.15) is 0 Å². The van der Waals surface area contributed by atoms with Crippen LogP contribution in [0.3, 0.4) is 0 Å². The van der Waals surface area contributed by atoms with Gasteiger partial charge in [0.05, 0.1) is 5.25 Å². The molecular formula is C14H22F3N5OS. The number of nitrogens with zero attached hydrogens (tertiary/aromatic N) is 3. The van der Waals surface area contributed by atoms with E-state index in [1.54, 1.807) is 6.92 Å². The SMILES string of the molecule is C[C@@H]1[C@H](C)CCC[C@@H]1NC(=O)[C@@H](C)Sc1nnc(C(F)(F)F)n1N. The molecule has 1 heterocycles. The van der Waals surface area contributed by atoms with Crippen LogP contribution in [0.5, 0.6) is 0 Å². The minimum absolute atomic E-state index is 0.0887. The lowest BCUT2D eigenvalue weighted by atomic mass is 9.78. The fraction of sp³-hybridized carbons (Fsp3) is 0.786. The van der Waals surface area contributed by atoms with Gasteiger partial charge in [0.15, 0.2) is 0 Å². The Labute approximate surface area is 142 Å². The van der Waals surface area contributed by atoms with Gasteiger partial charge in [-0.25, -0.2) is 4.68 Å². The first-order chi connectivity index (χ1) is 11.1. The molecule has 1 saturated carbocycles. The highest BCUT2D eigenvalue weighted by molar-refractivity contribution is 8.00. The van der Waals surface area contributed by atoms with E-state index in [-0.39, 0.29) is 17.1 Å². The third-order valence-corrected chi connectivity index (χ3v) is 5.66. The van der Waals surface area contributed by atoms with Crippen molar-refractivity contribution in [3.05, 3.63) is 5.82 Å². The number of rotatable bonds is 4. The van der Waals surface area contributed by atoms with E-state index in [0.29, 0.717) is 16.5 Å². The number of nitrogens with two attached hydrogens (primary N) is 1. The third kappa shape index (κ3) is 4.14. The van der Waals surface area contributed by atoms with Gasteiger partial charge in [0.25, 0.3) is 5.82 Å². The minimum atomic E-state index is -4.68. The summed E-state index contributed by atoms with van der Waals surface area (Å²) in [7, 11) is 0. The number of hydrogen-bond donors (Lipinski definition) is 2. The average molecular weight is 365 g/mol. The summed E-state index contributed by atoms with van der Waals surface area (Å²) in [6.07, 6.45) is -1.56. The quantitative estimate of drug-likeness (QED) is 0.632. The largest absolute Gasteiger partial charge is 0.453 e. The second-order valence-corrected chi connectivity index (χ2v) is 7.62. The second kappa shape index (κ2) is 7.20. The Morgan fingerprint density at radius 1 is 1.38 bits per heavy atom. The van der Waals surface area contributed by atoms with Gasteiger partial charge in [-0.1, -0.05) is 38.5 Å². The number of nitrogen functional groups attached to an aromatic ring is 1. The van der Waals surface area contributed by atoms with Crippen molar-refractivity contribution in [1.82, 2.24) is 20.2 Å². The Bertz CT molecular complexity index is 591. The zero-order chi connectivity index (χ0) is 18.1. The molecule has 1 aliphatic rings. The van der Waals surface area contributed by atoms with Gasteiger partial charge in [-0.15, -0.1) is 10.2 Å². The van der Waals surface area contributed by atoms with Crippen LogP contribution in [0.15, 0.2) is 5.16 Å². The van der Waals surface area contributed by atoms with Gasteiger partial charge in [-0.05, 0) is 25.2 Å². The van der Waals surface area contributed by atoms with Crippen LogP contribution in [-0.4, -0.2) is 32.1 Å². The number of amides is 1. The molecule has 0 aliphatic heterocycles. The molecule has 10 heteroatoms. The summed E-state index contributed by atoms with van der Waals surface area (Å²) in [6, 6.07) is 0.0887. The van der Waals surface area contributed by atoms with Gasteiger partial charge in [0, 0.05) is 6.04 Å². The molecule has 1 aliphatic carbocycles. The van der Waals surface area contributed by atoms with Crippen LogP contribution in [0.4, 0.5) is 13.2 Å². The van der Waals surface area contributed by atoms with Gasteiger partial charge < -0.3 is 11.2 Å². The van der Waals surface area contributed by atoms with E-state index in [2.05, 4.69) is 29.4 Å². The van der Waals surface area contributed by atoms with Crippen molar-refractivity contribution in [3.63, 3.8) is 0 Å². The molecule has 1 amide bonds. The number of carbonyl (C=O) groups excluding carboxylic acids is 1. The molecule has 0 aromatic carbocycles. The van der Waals surface area contributed by atoms with Gasteiger partial charge in [0.2, 0.25) is 11.1 Å². The Hall–Kier alpha value is -1.45. The molecule has 0 unspecified atom stereocenters. The van der Waals surface area contributed by atoms with Gasteiger partial charge >= 0.3 is 6.18 Å². The molecule has 1 aromatic heterocycles. The van der Waals surface area contributed by atoms with Crippen LogP contribution in [0, 0.1) is 11.8 Å². The lowest BCUT2D eigenvalue weighted by Crippen LogP contribution is -2.46. The van der Waals surface area contributed by atoms with Crippen molar-refractivity contribution in [2.24, 2.45) is 11.8 Å². The summed E-state index contributed by atoms with van der Waals surface area (Å²) < 4.78 is 38.3. The predicted molar refractivity (Wildman–Crippen MR) is 84.6 cm³/mol. The van der Waals surface area contributed by atoms with Crippen molar-refractivity contribution < 1.29 is 18.0 Å². The average Bonchev–Trinajstić information content (AvgIpc) is 2.85. The van der Waals surface area contributed by atoms with Crippen molar-refractivity contribution in [3.8, 4) is 0 Å². The zero-order valence-electron chi connectivity index (χ0n) is 13.8. The van der Waals surface area contributed by atoms with Crippen LogP contribution < -0.4 is 11.2 Å². The normalized spacial score (nSPS) is 26.2. The van der Waals surface area contributed by atoms with E-state index in [0.717, 1.165) is 31.0 Å². The second-order valence-electron chi connectivity index (χ2n) is 6.32. The lowest BCUT2D eigenvalue weighted by molar-refractivity contribution is -0.146. The Balaban J connectivity index is 1.98. The fourth-order valence-electron chi connectivity index (χ4n) is 2.85. The van der Waals surface area contributed by atoms with E-state index in [1.165, 1.54) is 0 Å². The van der Waals surface area contributed by atoms with Crippen molar-refractivity contribution in [1.29, 1.82) is 0 Å². The van der Waals surface area contributed by atoms with E-state index < -0.39 is 17.3 Å². The molecule has 0 radical (unpaired) electrons. The van der Waals surface area contributed by atoms with E-state index in [4.69, 9.17) is 5.84 Å². The molecule has 0 bridgehead atoms. The molecule has 24 heavy (non-hydrogen) atoms. The molecule has 4 atom stereocenters. The molecule has 2 rings (SSSR count). The molecule has 1 fully saturated rings. The van der Waals surface area contributed by atoms with Crippen LogP contribution in [0.1, 0.15) is 45.9 Å². The maximum Gasteiger partial charge on any atom is 0.453 e. The predicted octanol–water partition coefficient (Wildman–Crippen LogP) is 2.43. The standard InChI is InChI=1S/C14H22F3N5OS/c1-7-5-4-6-10(8(7)2)19-11(23)9(3)24-13-21-20-12(22(13)18)14(15,16)17/h7-10H,4-6,18H2,1-3H3,(H,19,23)/t7-,8-,9-,10+/m1/s1. The third-order valence-electron chi connectivity index (χ3n) is 4.60. The van der Waals surface area contributed by atoms with E-state index in [1.807, 2.05) is 0 Å².